The topological polar surface area (TPSA) is 55.4 Å². The van der Waals surface area contributed by atoms with E-state index in [4.69, 9.17) is 4.74 Å². The van der Waals surface area contributed by atoms with Crippen LogP contribution in [0.5, 0.6) is 0 Å². The fourth-order valence-electron chi connectivity index (χ4n) is 1.65. The highest BCUT2D eigenvalue weighted by Crippen LogP contribution is 2.16. The van der Waals surface area contributed by atoms with Crippen LogP contribution in [0.2, 0.25) is 0 Å². The Hall–Kier alpha value is -1.58. The van der Waals surface area contributed by atoms with Crippen LogP contribution >= 0.6 is 0 Å². The van der Waals surface area contributed by atoms with Gasteiger partial charge < -0.3 is 10.1 Å². The van der Waals surface area contributed by atoms with Crippen molar-refractivity contribution in [3.63, 3.8) is 0 Å². The predicted molar refractivity (Wildman–Crippen MR) is 69.9 cm³/mol. The first-order chi connectivity index (χ1) is 8.40. The third-order valence-electron chi connectivity index (χ3n) is 2.39. The molecule has 1 unspecified atom stereocenters. The van der Waals surface area contributed by atoms with Gasteiger partial charge in [-0.05, 0) is 40.0 Å². The van der Waals surface area contributed by atoms with Crippen LogP contribution < -0.4 is 5.32 Å². The molecular formula is C14H20NO3. The van der Waals surface area contributed by atoms with E-state index in [-0.39, 0.29) is 0 Å². The summed E-state index contributed by atoms with van der Waals surface area (Å²) in [6.07, 6.45) is 9.67. The van der Waals surface area contributed by atoms with Gasteiger partial charge in [-0.15, -0.1) is 0 Å². The molecule has 0 fully saturated rings. The van der Waals surface area contributed by atoms with Gasteiger partial charge in [0.05, 0.1) is 0 Å². The minimum atomic E-state index is -0.641. The first-order valence-electron chi connectivity index (χ1n) is 6.11. The Morgan fingerprint density at radius 2 is 2.22 bits per heavy atom. The van der Waals surface area contributed by atoms with E-state index >= 15 is 0 Å². The predicted octanol–water partition coefficient (Wildman–Crippen LogP) is 2.66. The molecule has 4 heteroatoms. The summed E-state index contributed by atoms with van der Waals surface area (Å²) < 4.78 is 5.10. The lowest BCUT2D eigenvalue weighted by atomic mass is 9.99. The first kappa shape index (κ1) is 14.5. The first-order valence-corrected chi connectivity index (χ1v) is 6.11. The number of allylic oxidation sites excluding steroid dienone is 3. The number of amides is 1. The van der Waals surface area contributed by atoms with Gasteiger partial charge in [-0.25, -0.2) is 4.79 Å². The molecule has 1 atom stereocenters. The largest absolute Gasteiger partial charge is 0.444 e. The van der Waals surface area contributed by atoms with Crippen molar-refractivity contribution in [3.05, 3.63) is 23.8 Å². The van der Waals surface area contributed by atoms with E-state index in [9.17, 15) is 9.59 Å². The van der Waals surface area contributed by atoms with Crippen molar-refractivity contribution in [1.29, 1.82) is 0 Å². The van der Waals surface area contributed by atoms with Crippen LogP contribution in [0.4, 0.5) is 4.79 Å². The smallest absolute Gasteiger partial charge is 0.408 e. The highest BCUT2D eigenvalue weighted by molar-refractivity contribution is 5.73. The molecule has 4 nitrogen and oxygen atoms in total. The van der Waals surface area contributed by atoms with Crippen LogP contribution in [0.15, 0.2) is 23.8 Å². The zero-order chi connectivity index (χ0) is 13.6. The number of hydrogen-bond acceptors (Lipinski definition) is 3. The van der Waals surface area contributed by atoms with E-state index in [2.05, 4.69) is 23.5 Å². The number of hydrogen-bond donors (Lipinski definition) is 1. The van der Waals surface area contributed by atoms with Crippen LogP contribution in [0, 0.1) is 0 Å². The van der Waals surface area contributed by atoms with Gasteiger partial charge in [0.25, 0.3) is 0 Å². The van der Waals surface area contributed by atoms with E-state index in [1.165, 1.54) is 0 Å². The molecule has 1 aliphatic rings. The molecule has 0 bridgehead atoms. The summed E-state index contributed by atoms with van der Waals surface area (Å²) in [5.41, 5.74) is 0.576. The highest BCUT2D eigenvalue weighted by Gasteiger charge is 2.20. The van der Waals surface area contributed by atoms with Gasteiger partial charge in [0.15, 0.2) is 0 Å². The maximum atomic E-state index is 11.5. The average molecular weight is 250 g/mol. The SMILES string of the molecule is CC(C)(C)OC(=O)NC([C]=O)CC1=CCC=CC1. The third kappa shape index (κ3) is 5.66. The Bertz CT molecular complexity index is 364. The molecule has 0 aromatic rings. The van der Waals surface area contributed by atoms with E-state index in [1.54, 1.807) is 20.8 Å². The Labute approximate surface area is 108 Å². The van der Waals surface area contributed by atoms with Crippen LogP contribution in [0.25, 0.3) is 0 Å². The lowest BCUT2D eigenvalue weighted by Gasteiger charge is -2.21. The van der Waals surface area contributed by atoms with E-state index in [1.807, 2.05) is 6.29 Å². The Balaban J connectivity index is 2.44. The lowest BCUT2D eigenvalue weighted by molar-refractivity contribution is 0.0517. The summed E-state index contributed by atoms with van der Waals surface area (Å²) in [4.78, 5) is 22.4. The number of carbonyl (C=O) groups excluding carboxylic acids is 2. The molecule has 99 valence electrons. The monoisotopic (exact) mass is 250 g/mol. The molecule has 0 aliphatic heterocycles. The second kappa shape index (κ2) is 6.38. The molecule has 1 amide bonds. The van der Waals surface area contributed by atoms with Crippen LogP contribution in [0.1, 0.15) is 40.0 Å². The van der Waals surface area contributed by atoms with Gasteiger partial charge in [-0.1, -0.05) is 23.8 Å². The van der Waals surface area contributed by atoms with Gasteiger partial charge in [-0.2, -0.15) is 0 Å². The van der Waals surface area contributed by atoms with Crippen molar-refractivity contribution in [2.24, 2.45) is 0 Å². The number of alkyl carbamates (subject to hydrolysis) is 1. The standard InChI is InChI=1S/C14H20NO3/c1-14(2,3)18-13(17)15-12(10-16)9-11-7-5-4-6-8-11/h4-5,8,12H,6-7,9H2,1-3H3,(H,15,17). The number of ether oxygens (including phenoxy) is 1. The van der Waals surface area contributed by atoms with Crippen molar-refractivity contribution in [2.75, 3.05) is 0 Å². The van der Waals surface area contributed by atoms with Crippen molar-refractivity contribution in [1.82, 2.24) is 5.32 Å². The van der Waals surface area contributed by atoms with Gasteiger partial charge >= 0.3 is 6.09 Å². The normalized spacial score (nSPS) is 16.7. The second-order valence-corrected chi connectivity index (χ2v) is 5.29. The second-order valence-electron chi connectivity index (χ2n) is 5.29. The molecule has 1 radical (unpaired) electrons. The molecule has 0 saturated heterocycles. The molecule has 0 saturated carbocycles. The zero-order valence-electron chi connectivity index (χ0n) is 11.2. The maximum Gasteiger partial charge on any atom is 0.408 e. The Kier molecular flexibility index (Phi) is 5.13. The fourth-order valence-corrected chi connectivity index (χ4v) is 1.65. The Morgan fingerprint density at radius 3 is 2.72 bits per heavy atom. The zero-order valence-corrected chi connectivity index (χ0v) is 11.2. The quantitative estimate of drug-likeness (QED) is 0.780. The van der Waals surface area contributed by atoms with Gasteiger partial charge in [-0.3, -0.25) is 4.79 Å². The van der Waals surface area contributed by atoms with E-state index in [0.29, 0.717) is 6.42 Å². The van der Waals surface area contributed by atoms with Gasteiger partial charge in [0.2, 0.25) is 6.29 Å². The summed E-state index contributed by atoms with van der Waals surface area (Å²) in [6.45, 7) is 5.34. The van der Waals surface area contributed by atoms with Crippen molar-refractivity contribution in [3.8, 4) is 0 Å². The molecule has 1 aliphatic carbocycles. The molecular weight excluding hydrogens is 230 g/mol. The van der Waals surface area contributed by atoms with Crippen molar-refractivity contribution < 1.29 is 14.3 Å². The van der Waals surface area contributed by atoms with Crippen LogP contribution in [-0.2, 0) is 9.53 Å². The molecule has 0 aromatic carbocycles. The number of rotatable bonds is 4. The lowest BCUT2D eigenvalue weighted by Crippen LogP contribution is -2.40. The summed E-state index contributed by atoms with van der Waals surface area (Å²) in [6, 6.07) is -0.641. The maximum absolute atomic E-state index is 11.5. The van der Waals surface area contributed by atoms with Crippen LogP contribution in [-0.4, -0.2) is 24.0 Å². The molecule has 1 N–H and O–H groups in total. The minimum Gasteiger partial charge on any atom is -0.444 e. The molecule has 0 aromatic heterocycles. The average Bonchev–Trinajstić information content (AvgIpc) is 2.27. The summed E-state index contributed by atoms with van der Waals surface area (Å²) in [5, 5.41) is 2.52. The van der Waals surface area contributed by atoms with E-state index < -0.39 is 17.7 Å². The Morgan fingerprint density at radius 1 is 1.50 bits per heavy atom. The molecule has 0 heterocycles. The summed E-state index contributed by atoms with van der Waals surface area (Å²) in [5.74, 6) is 0. The van der Waals surface area contributed by atoms with Gasteiger partial charge in [0.1, 0.15) is 11.6 Å². The van der Waals surface area contributed by atoms with Crippen LogP contribution in [0.3, 0.4) is 0 Å². The summed E-state index contributed by atoms with van der Waals surface area (Å²) in [7, 11) is 0. The fraction of sp³-hybridized carbons (Fsp3) is 0.571. The third-order valence-corrected chi connectivity index (χ3v) is 2.39. The number of nitrogens with one attached hydrogen (secondary N) is 1. The van der Waals surface area contributed by atoms with Crippen molar-refractivity contribution in [2.45, 2.75) is 51.7 Å². The summed E-state index contributed by atoms with van der Waals surface area (Å²) >= 11 is 0. The molecule has 1 rings (SSSR count). The number of carbonyl (C=O) groups is 1. The highest BCUT2D eigenvalue weighted by atomic mass is 16.6. The van der Waals surface area contributed by atoms with Crippen molar-refractivity contribution >= 4 is 12.4 Å². The molecule has 0 spiro atoms. The van der Waals surface area contributed by atoms with Gasteiger partial charge in [0, 0.05) is 0 Å². The van der Waals surface area contributed by atoms with E-state index in [0.717, 1.165) is 18.4 Å². The minimum absolute atomic E-state index is 0.493. The molecule has 18 heavy (non-hydrogen) atoms.